The monoisotopic (exact) mass is 290 g/mol. The molecule has 1 saturated heterocycles. The van der Waals surface area contributed by atoms with Crippen molar-refractivity contribution in [2.24, 2.45) is 0 Å². The maximum absolute atomic E-state index is 12.4. The van der Waals surface area contributed by atoms with Crippen molar-refractivity contribution in [3.05, 3.63) is 35.9 Å². The van der Waals surface area contributed by atoms with Gasteiger partial charge in [0.05, 0.1) is 6.61 Å². The van der Waals surface area contributed by atoms with E-state index in [1.165, 1.54) is 0 Å². The van der Waals surface area contributed by atoms with E-state index in [0.717, 1.165) is 5.56 Å². The largest absolute Gasteiger partial charge is 0.380 e. The van der Waals surface area contributed by atoms with Crippen LogP contribution in [0.25, 0.3) is 0 Å². The van der Waals surface area contributed by atoms with Crippen molar-refractivity contribution in [2.45, 2.75) is 26.4 Å². The van der Waals surface area contributed by atoms with Gasteiger partial charge in [0.2, 0.25) is 11.8 Å². The van der Waals surface area contributed by atoms with Gasteiger partial charge in [-0.05, 0) is 19.4 Å². The predicted molar refractivity (Wildman–Crippen MR) is 79.5 cm³/mol. The molecular formula is C16H22N2O3. The van der Waals surface area contributed by atoms with Gasteiger partial charge in [0, 0.05) is 19.7 Å². The van der Waals surface area contributed by atoms with Crippen molar-refractivity contribution in [1.29, 1.82) is 0 Å². The molecule has 5 heteroatoms. The molecule has 5 nitrogen and oxygen atoms in total. The fourth-order valence-electron chi connectivity index (χ4n) is 2.51. The van der Waals surface area contributed by atoms with Crippen molar-refractivity contribution in [3.63, 3.8) is 0 Å². The van der Waals surface area contributed by atoms with Crippen molar-refractivity contribution in [3.8, 4) is 0 Å². The fraction of sp³-hybridized carbons (Fsp3) is 0.500. The average molecular weight is 290 g/mol. The summed E-state index contributed by atoms with van der Waals surface area (Å²) >= 11 is 0. The lowest BCUT2D eigenvalue weighted by Crippen LogP contribution is -2.59. The Balaban J connectivity index is 1.99. The summed E-state index contributed by atoms with van der Waals surface area (Å²) in [4.78, 5) is 27.9. The Hall–Kier alpha value is -1.88. The summed E-state index contributed by atoms with van der Waals surface area (Å²) in [6, 6.07) is 9.31. The summed E-state index contributed by atoms with van der Waals surface area (Å²) in [5.41, 5.74) is 1.04. The van der Waals surface area contributed by atoms with Gasteiger partial charge in [0.15, 0.2) is 0 Å². The van der Waals surface area contributed by atoms with Gasteiger partial charge in [-0.1, -0.05) is 30.3 Å². The normalized spacial score (nSPS) is 19.2. The summed E-state index contributed by atoms with van der Waals surface area (Å²) in [6.07, 6.45) is 0. The molecule has 0 radical (unpaired) electrons. The first kappa shape index (κ1) is 15.5. The molecule has 1 aromatic rings. The Morgan fingerprint density at radius 2 is 1.95 bits per heavy atom. The summed E-state index contributed by atoms with van der Waals surface area (Å²) in [7, 11) is 0. The van der Waals surface area contributed by atoms with E-state index < -0.39 is 6.04 Å². The predicted octanol–water partition coefficient (Wildman–Crippen LogP) is 1.28. The zero-order valence-corrected chi connectivity index (χ0v) is 12.6. The van der Waals surface area contributed by atoms with Gasteiger partial charge in [0.1, 0.15) is 12.6 Å². The Labute approximate surface area is 125 Å². The second kappa shape index (κ2) is 7.22. The maximum Gasteiger partial charge on any atom is 0.245 e. The molecule has 21 heavy (non-hydrogen) atoms. The van der Waals surface area contributed by atoms with E-state index >= 15 is 0 Å². The third kappa shape index (κ3) is 3.82. The van der Waals surface area contributed by atoms with Crippen molar-refractivity contribution in [1.82, 2.24) is 9.80 Å². The van der Waals surface area contributed by atoms with E-state index in [-0.39, 0.29) is 18.4 Å². The third-order valence-electron chi connectivity index (χ3n) is 3.68. The van der Waals surface area contributed by atoms with Gasteiger partial charge in [-0.3, -0.25) is 9.59 Å². The molecule has 0 aromatic heterocycles. The second-order valence-corrected chi connectivity index (χ2v) is 5.14. The van der Waals surface area contributed by atoms with E-state index in [0.29, 0.717) is 26.3 Å². The van der Waals surface area contributed by atoms with Crippen LogP contribution in [0.5, 0.6) is 0 Å². The Kier molecular flexibility index (Phi) is 5.33. The number of amides is 2. The smallest absolute Gasteiger partial charge is 0.245 e. The number of rotatable bonds is 6. The quantitative estimate of drug-likeness (QED) is 0.742. The molecule has 0 bridgehead atoms. The lowest BCUT2D eigenvalue weighted by atomic mass is 10.1. The average Bonchev–Trinajstić information content (AvgIpc) is 2.49. The number of hydrogen-bond donors (Lipinski definition) is 0. The lowest BCUT2D eigenvalue weighted by molar-refractivity contribution is -0.156. The minimum atomic E-state index is -0.421. The molecule has 1 atom stereocenters. The molecule has 1 aliphatic rings. The SMILES string of the molecule is CCOCCN1C(=O)CN(Cc2ccccc2)C(=O)[C@H]1C. The van der Waals surface area contributed by atoms with Gasteiger partial charge in [-0.15, -0.1) is 0 Å². The van der Waals surface area contributed by atoms with Crippen LogP contribution in [-0.2, 0) is 20.9 Å². The molecule has 0 spiro atoms. The molecule has 1 aromatic carbocycles. The summed E-state index contributed by atoms with van der Waals surface area (Å²) in [5.74, 6) is -0.0207. The first-order valence-corrected chi connectivity index (χ1v) is 7.33. The highest BCUT2D eigenvalue weighted by Crippen LogP contribution is 2.15. The molecule has 0 saturated carbocycles. The van der Waals surface area contributed by atoms with Crippen molar-refractivity contribution in [2.75, 3.05) is 26.3 Å². The molecule has 1 fully saturated rings. The highest BCUT2D eigenvalue weighted by molar-refractivity contribution is 5.94. The number of ether oxygens (including phenoxy) is 1. The van der Waals surface area contributed by atoms with Crippen LogP contribution in [0.3, 0.4) is 0 Å². The number of carbonyl (C=O) groups is 2. The lowest BCUT2D eigenvalue weighted by Gasteiger charge is -2.38. The number of nitrogens with zero attached hydrogens (tertiary/aromatic N) is 2. The minimum Gasteiger partial charge on any atom is -0.380 e. The fourth-order valence-corrected chi connectivity index (χ4v) is 2.51. The van der Waals surface area contributed by atoms with Gasteiger partial charge < -0.3 is 14.5 Å². The van der Waals surface area contributed by atoms with Crippen LogP contribution < -0.4 is 0 Å². The van der Waals surface area contributed by atoms with Crippen LogP contribution >= 0.6 is 0 Å². The standard InChI is InChI=1S/C16H22N2O3/c1-3-21-10-9-18-13(2)16(20)17(12-15(18)19)11-14-7-5-4-6-8-14/h4-8,13H,3,9-12H2,1-2H3/t13-/m1/s1. The van der Waals surface area contributed by atoms with Gasteiger partial charge >= 0.3 is 0 Å². The molecule has 114 valence electrons. The molecule has 1 aliphatic heterocycles. The molecule has 2 rings (SSSR count). The molecule has 2 amide bonds. The minimum absolute atomic E-state index is 0.00467. The van der Waals surface area contributed by atoms with Crippen LogP contribution in [0.2, 0.25) is 0 Å². The highest BCUT2D eigenvalue weighted by atomic mass is 16.5. The summed E-state index contributed by atoms with van der Waals surface area (Å²) < 4.78 is 5.27. The van der Waals surface area contributed by atoms with Crippen molar-refractivity contribution < 1.29 is 14.3 Å². The van der Waals surface area contributed by atoms with E-state index in [2.05, 4.69) is 0 Å². The maximum atomic E-state index is 12.4. The van der Waals surface area contributed by atoms with Crippen LogP contribution in [0.15, 0.2) is 30.3 Å². The number of piperazine rings is 1. The highest BCUT2D eigenvalue weighted by Gasteiger charge is 2.35. The van der Waals surface area contributed by atoms with E-state index in [4.69, 9.17) is 4.74 Å². The Morgan fingerprint density at radius 1 is 1.24 bits per heavy atom. The number of hydrogen-bond acceptors (Lipinski definition) is 3. The van der Waals surface area contributed by atoms with Crippen LogP contribution in [-0.4, -0.2) is 54.0 Å². The van der Waals surface area contributed by atoms with Crippen LogP contribution in [0.4, 0.5) is 0 Å². The Morgan fingerprint density at radius 3 is 2.62 bits per heavy atom. The molecule has 1 heterocycles. The molecule has 0 N–H and O–H groups in total. The van der Waals surface area contributed by atoms with E-state index in [9.17, 15) is 9.59 Å². The second-order valence-electron chi connectivity index (χ2n) is 5.14. The number of carbonyl (C=O) groups excluding carboxylic acids is 2. The van der Waals surface area contributed by atoms with E-state index in [1.54, 1.807) is 16.7 Å². The zero-order chi connectivity index (χ0) is 15.2. The van der Waals surface area contributed by atoms with Gasteiger partial charge in [-0.25, -0.2) is 0 Å². The molecule has 0 unspecified atom stereocenters. The Bertz CT molecular complexity index is 490. The summed E-state index contributed by atoms with van der Waals surface area (Å²) in [5, 5.41) is 0. The zero-order valence-electron chi connectivity index (χ0n) is 12.6. The molecular weight excluding hydrogens is 268 g/mol. The molecule has 0 aliphatic carbocycles. The topological polar surface area (TPSA) is 49.9 Å². The van der Waals surface area contributed by atoms with Crippen LogP contribution in [0.1, 0.15) is 19.4 Å². The van der Waals surface area contributed by atoms with Gasteiger partial charge in [-0.2, -0.15) is 0 Å². The summed E-state index contributed by atoms with van der Waals surface area (Å²) in [6.45, 7) is 5.87. The van der Waals surface area contributed by atoms with Crippen LogP contribution in [0, 0.1) is 0 Å². The van der Waals surface area contributed by atoms with Crippen molar-refractivity contribution >= 4 is 11.8 Å². The van der Waals surface area contributed by atoms with E-state index in [1.807, 2.05) is 37.3 Å². The van der Waals surface area contributed by atoms with Gasteiger partial charge in [0.25, 0.3) is 0 Å². The first-order valence-electron chi connectivity index (χ1n) is 7.33. The number of benzene rings is 1. The first-order chi connectivity index (χ1) is 10.1. The third-order valence-corrected chi connectivity index (χ3v) is 3.68.